The van der Waals surface area contributed by atoms with Crippen LogP contribution in [0.4, 0.5) is 0 Å². The number of amides is 2. The minimum Gasteiger partial charge on any atom is -0.354 e. The van der Waals surface area contributed by atoms with Crippen LogP contribution in [0, 0.1) is 5.92 Å². The summed E-state index contributed by atoms with van der Waals surface area (Å²) in [6.07, 6.45) is 3.17. The maximum Gasteiger partial charge on any atom is 0.247 e. The molecule has 0 unspecified atom stereocenters. The van der Waals surface area contributed by atoms with Crippen LogP contribution in [0.15, 0.2) is 83.8 Å². The van der Waals surface area contributed by atoms with E-state index in [1.54, 1.807) is 41.3 Å². The van der Waals surface area contributed by atoms with Gasteiger partial charge in [-0.25, -0.2) is 8.42 Å². The number of benzene rings is 3. The minimum atomic E-state index is -3.50. The van der Waals surface area contributed by atoms with Crippen LogP contribution < -0.4 is 5.32 Å². The Morgan fingerprint density at radius 1 is 0.905 bits per heavy atom. The molecule has 7 nitrogen and oxygen atoms in total. The molecule has 0 spiro atoms. The van der Waals surface area contributed by atoms with Crippen molar-refractivity contribution in [2.24, 2.45) is 5.92 Å². The Morgan fingerprint density at radius 3 is 2.14 bits per heavy atom. The second-order valence-electron chi connectivity index (χ2n) is 11.2. The summed E-state index contributed by atoms with van der Waals surface area (Å²) in [5.74, 6) is 0.0382. The Hall–Kier alpha value is -3.20. The molecule has 1 N–H and O–H groups in total. The van der Waals surface area contributed by atoms with Gasteiger partial charge in [0.05, 0.1) is 4.90 Å². The van der Waals surface area contributed by atoms with Gasteiger partial charge in [0.25, 0.3) is 0 Å². The first-order valence-electron chi connectivity index (χ1n) is 14.6. The zero-order valence-electron chi connectivity index (χ0n) is 24.3. The van der Waals surface area contributed by atoms with Crippen molar-refractivity contribution in [3.05, 3.63) is 101 Å². The molecule has 0 radical (unpaired) electrons. The molecule has 0 aromatic heterocycles. The summed E-state index contributed by atoms with van der Waals surface area (Å²) < 4.78 is 27.3. The van der Waals surface area contributed by atoms with Gasteiger partial charge in [0.15, 0.2) is 0 Å². The molecule has 1 aliphatic rings. The number of carbonyl (C=O) groups excluding carboxylic acids is 2. The van der Waals surface area contributed by atoms with Crippen molar-refractivity contribution in [2.45, 2.75) is 63.4 Å². The van der Waals surface area contributed by atoms with Crippen LogP contribution in [0.2, 0.25) is 5.02 Å². The molecule has 42 heavy (non-hydrogen) atoms. The molecule has 0 saturated carbocycles. The van der Waals surface area contributed by atoms with E-state index in [2.05, 4.69) is 19.2 Å². The summed E-state index contributed by atoms with van der Waals surface area (Å²) in [5.41, 5.74) is 2.45. The van der Waals surface area contributed by atoms with Gasteiger partial charge in [0.2, 0.25) is 21.8 Å². The van der Waals surface area contributed by atoms with Crippen molar-refractivity contribution in [3.63, 3.8) is 0 Å². The number of nitrogens with one attached hydrogen (secondary N) is 1. The topological polar surface area (TPSA) is 86.8 Å². The Morgan fingerprint density at radius 2 is 1.52 bits per heavy atom. The average molecular weight is 610 g/mol. The predicted octanol–water partition coefficient (Wildman–Crippen LogP) is 5.99. The summed E-state index contributed by atoms with van der Waals surface area (Å²) >= 11 is 6.11. The SMILES string of the molecule is CC(C)CCNC(=O)[C@@H](c1ccccc1)N(Cc1ccc(Cl)cc1)C(=O)CCc1ccc(S(=O)(=O)N2CCCC2)cc1. The van der Waals surface area contributed by atoms with E-state index in [-0.39, 0.29) is 29.7 Å². The molecule has 3 aromatic rings. The van der Waals surface area contributed by atoms with Crippen molar-refractivity contribution < 1.29 is 18.0 Å². The predicted molar refractivity (Wildman–Crippen MR) is 166 cm³/mol. The summed E-state index contributed by atoms with van der Waals surface area (Å²) in [6.45, 7) is 6.07. The molecular weight excluding hydrogens is 570 g/mol. The van der Waals surface area contributed by atoms with Gasteiger partial charge in [-0.15, -0.1) is 0 Å². The molecule has 1 aliphatic heterocycles. The first-order chi connectivity index (χ1) is 20.1. The Bertz CT molecular complexity index is 1420. The highest BCUT2D eigenvalue weighted by atomic mass is 35.5. The Labute approximate surface area is 254 Å². The van der Waals surface area contributed by atoms with Gasteiger partial charge in [-0.3, -0.25) is 9.59 Å². The molecule has 1 saturated heterocycles. The van der Waals surface area contributed by atoms with Crippen molar-refractivity contribution in [3.8, 4) is 0 Å². The van der Waals surface area contributed by atoms with Gasteiger partial charge in [0, 0.05) is 37.6 Å². The van der Waals surface area contributed by atoms with E-state index in [1.807, 2.05) is 42.5 Å². The first-order valence-corrected chi connectivity index (χ1v) is 16.4. The molecule has 1 atom stereocenters. The van der Waals surface area contributed by atoms with Crippen molar-refractivity contribution in [2.75, 3.05) is 19.6 Å². The summed E-state index contributed by atoms with van der Waals surface area (Å²) in [4.78, 5) is 29.5. The second-order valence-corrected chi connectivity index (χ2v) is 13.6. The summed E-state index contributed by atoms with van der Waals surface area (Å²) in [6, 6.07) is 22.6. The van der Waals surface area contributed by atoms with Crippen LogP contribution in [0.5, 0.6) is 0 Å². The fourth-order valence-electron chi connectivity index (χ4n) is 5.10. The number of hydrogen-bond donors (Lipinski definition) is 1. The van der Waals surface area contributed by atoms with Crippen LogP contribution in [0.25, 0.3) is 0 Å². The van der Waals surface area contributed by atoms with Gasteiger partial charge in [-0.1, -0.05) is 80.0 Å². The van der Waals surface area contributed by atoms with Crippen molar-refractivity contribution in [1.82, 2.24) is 14.5 Å². The molecule has 1 heterocycles. The highest BCUT2D eigenvalue weighted by molar-refractivity contribution is 7.89. The lowest BCUT2D eigenvalue weighted by Gasteiger charge is -2.32. The number of hydrogen-bond acceptors (Lipinski definition) is 4. The highest BCUT2D eigenvalue weighted by Gasteiger charge is 2.31. The van der Waals surface area contributed by atoms with E-state index in [9.17, 15) is 18.0 Å². The Kier molecular flexibility index (Phi) is 11.2. The Balaban J connectivity index is 1.55. The molecule has 3 aromatic carbocycles. The van der Waals surface area contributed by atoms with Crippen LogP contribution >= 0.6 is 11.6 Å². The zero-order valence-corrected chi connectivity index (χ0v) is 25.9. The average Bonchev–Trinajstić information content (AvgIpc) is 3.54. The fraction of sp³-hybridized carbons (Fsp3) is 0.394. The molecule has 224 valence electrons. The maximum absolute atomic E-state index is 13.9. The van der Waals surface area contributed by atoms with Crippen LogP contribution in [0.1, 0.15) is 62.3 Å². The van der Waals surface area contributed by atoms with Crippen LogP contribution in [-0.4, -0.2) is 49.1 Å². The monoisotopic (exact) mass is 609 g/mol. The van der Waals surface area contributed by atoms with Crippen LogP contribution in [0.3, 0.4) is 0 Å². The summed E-state index contributed by atoms with van der Waals surface area (Å²) in [5, 5.41) is 3.64. The van der Waals surface area contributed by atoms with E-state index in [1.165, 1.54) is 4.31 Å². The van der Waals surface area contributed by atoms with E-state index in [0.29, 0.717) is 37.0 Å². The van der Waals surface area contributed by atoms with Gasteiger partial charge in [-0.05, 0) is 72.6 Å². The smallest absolute Gasteiger partial charge is 0.247 e. The third-order valence-corrected chi connectivity index (χ3v) is 9.70. The normalized spacial score (nSPS) is 14.6. The van der Waals surface area contributed by atoms with Crippen LogP contribution in [-0.2, 0) is 32.6 Å². The molecule has 1 fully saturated rings. The third kappa shape index (κ3) is 8.43. The lowest BCUT2D eigenvalue weighted by atomic mass is 10.0. The van der Waals surface area contributed by atoms with Gasteiger partial charge >= 0.3 is 0 Å². The molecular formula is C33H40ClN3O4S. The molecule has 4 rings (SSSR count). The number of nitrogens with zero attached hydrogens (tertiary/aromatic N) is 2. The second kappa shape index (κ2) is 14.8. The molecule has 0 bridgehead atoms. The maximum atomic E-state index is 13.9. The zero-order chi connectivity index (χ0) is 30.1. The standard InChI is InChI=1S/C33H40ClN3O4S/c1-25(2)20-21-35-33(39)32(28-8-4-3-5-9-28)37(24-27-10-15-29(34)16-11-27)31(38)19-14-26-12-17-30(18-13-26)42(40,41)36-22-6-7-23-36/h3-5,8-13,15-18,25,32H,6-7,14,19-24H2,1-2H3,(H,35,39)/t32-/m1/s1. The van der Waals surface area contributed by atoms with Crippen molar-refractivity contribution >= 4 is 33.4 Å². The lowest BCUT2D eigenvalue weighted by Crippen LogP contribution is -2.43. The van der Waals surface area contributed by atoms with E-state index >= 15 is 0 Å². The molecule has 9 heteroatoms. The number of carbonyl (C=O) groups is 2. The van der Waals surface area contributed by atoms with E-state index < -0.39 is 16.1 Å². The quantitative estimate of drug-likeness (QED) is 0.258. The third-order valence-electron chi connectivity index (χ3n) is 7.54. The number of halogens is 1. The van der Waals surface area contributed by atoms with Gasteiger partial charge in [-0.2, -0.15) is 4.31 Å². The largest absolute Gasteiger partial charge is 0.354 e. The first kappa shape index (κ1) is 31.7. The minimum absolute atomic E-state index is 0.161. The lowest BCUT2D eigenvalue weighted by molar-refractivity contribution is -0.141. The van der Waals surface area contributed by atoms with Gasteiger partial charge in [0.1, 0.15) is 6.04 Å². The van der Waals surface area contributed by atoms with E-state index in [4.69, 9.17) is 11.6 Å². The summed E-state index contributed by atoms with van der Waals surface area (Å²) in [7, 11) is -3.50. The number of rotatable bonds is 13. The number of aryl methyl sites for hydroxylation is 1. The molecule has 0 aliphatic carbocycles. The van der Waals surface area contributed by atoms with E-state index in [0.717, 1.165) is 36.0 Å². The molecule has 2 amide bonds. The fourth-order valence-corrected chi connectivity index (χ4v) is 6.74. The number of sulfonamides is 1. The van der Waals surface area contributed by atoms with Crippen molar-refractivity contribution in [1.29, 1.82) is 0 Å². The van der Waals surface area contributed by atoms with Gasteiger partial charge < -0.3 is 10.2 Å². The highest BCUT2D eigenvalue weighted by Crippen LogP contribution is 2.26.